The van der Waals surface area contributed by atoms with Crippen LogP contribution in [-0.2, 0) is 78.6 Å². The number of benzene rings is 4. The third-order valence-corrected chi connectivity index (χ3v) is 11.6. The molecule has 2 saturated heterocycles. The van der Waals surface area contributed by atoms with Crippen LogP contribution in [0.1, 0.15) is 81.0 Å². The Kier molecular flexibility index (Phi) is 20.9. The molecule has 65 heavy (non-hydrogen) atoms. The zero-order valence-corrected chi connectivity index (χ0v) is 38.0. The summed E-state index contributed by atoms with van der Waals surface area (Å²) in [6.07, 6.45) is -2.41. The molecule has 2 heterocycles. The SMILES string of the molecule is COC(=O)CCCCCCCCO[C@@H]1O[C@H](COCc2ccccc2)[C@@H](O)[C@H](OC2O[C@@H](C)[C@@H](OCc3ccccc3)[C@@H](OCc3ccccc3)[C@@H]2OCc2ccccc2)[C@H]1NC(C)=O. The molecule has 2 fully saturated rings. The summed E-state index contributed by atoms with van der Waals surface area (Å²) in [6.45, 7) is 4.74. The molecule has 4 aromatic rings. The number of aliphatic hydroxyl groups excluding tert-OH is 1. The molecule has 0 aliphatic carbocycles. The Bertz CT molecular complexity index is 1930. The summed E-state index contributed by atoms with van der Waals surface area (Å²) in [4.78, 5) is 24.4. The highest BCUT2D eigenvalue weighted by molar-refractivity contribution is 5.73. The number of ether oxygens (including phenoxy) is 9. The first kappa shape index (κ1) is 49.9. The van der Waals surface area contributed by atoms with Crippen molar-refractivity contribution < 1.29 is 57.3 Å². The number of methoxy groups -OCH3 is 1. The zero-order valence-electron chi connectivity index (χ0n) is 38.0. The van der Waals surface area contributed by atoms with Gasteiger partial charge in [0.15, 0.2) is 12.6 Å². The van der Waals surface area contributed by atoms with Crippen LogP contribution in [-0.4, -0.2) is 98.7 Å². The second-order valence-electron chi connectivity index (χ2n) is 16.7. The van der Waals surface area contributed by atoms with E-state index in [9.17, 15) is 14.7 Å². The Morgan fingerprint density at radius 3 is 1.62 bits per heavy atom. The van der Waals surface area contributed by atoms with Gasteiger partial charge in [-0.05, 0) is 42.0 Å². The lowest BCUT2D eigenvalue weighted by Gasteiger charge is -2.49. The Labute approximate surface area is 383 Å². The normalized spacial score (nSPS) is 25.5. The maximum atomic E-state index is 12.9. The predicted octanol–water partition coefficient (Wildman–Crippen LogP) is 7.60. The monoisotopic (exact) mass is 897 g/mol. The van der Waals surface area contributed by atoms with Gasteiger partial charge in [-0.25, -0.2) is 0 Å². The minimum Gasteiger partial charge on any atom is -0.469 e. The molecule has 6 rings (SSSR count). The fourth-order valence-electron chi connectivity index (χ4n) is 8.13. The van der Waals surface area contributed by atoms with Crippen molar-refractivity contribution in [2.45, 2.75) is 147 Å². The first-order valence-corrected chi connectivity index (χ1v) is 23.0. The standard InChI is InChI=1S/C52H67NO12/c1-37-47(60-33-40-24-14-9-15-25-40)49(61-34-41-26-16-10-17-27-41)50(62-35-42-28-18-11-19-29-42)52(63-37)65-48-45(53-38(2)54)51(59-31-21-7-5-4-6-20-30-44(55)57-3)64-43(46(48)56)36-58-32-39-22-12-8-13-23-39/h8-19,22-29,37,43,45-52,56H,4-7,20-21,30-36H2,1-3H3,(H,53,54)/t37-,43+,45+,46+,47+,48+,49+,50-,51+,52?/m0/s1. The maximum Gasteiger partial charge on any atom is 0.305 e. The maximum absolute atomic E-state index is 12.9. The fourth-order valence-corrected chi connectivity index (χ4v) is 8.13. The van der Waals surface area contributed by atoms with E-state index in [0.29, 0.717) is 26.2 Å². The van der Waals surface area contributed by atoms with Gasteiger partial charge in [-0.3, -0.25) is 9.59 Å². The molecular weight excluding hydrogens is 831 g/mol. The van der Waals surface area contributed by atoms with Gasteiger partial charge in [-0.15, -0.1) is 0 Å². The minimum absolute atomic E-state index is 0.0161. The van der Waals surface area contributed by atoms with E-state index < -0.39 is 61.3 Å². The lowest BCUT2D eigenvalue weighted by Crippen LogP contribution is -2.68. The van der Waals surface area contributed by atoms with Gasteiger partial charge in [0.1, 0.15) is 42.7 Å². The largest absolute Gasteiger partial charge is 0.469 e. The molecule has 2 aliphatic heterocycles. The second kappa shape index (κ2) is 27.2. The van der Waals surface area contributed by atoms with Crippen LogP contribution in [0.2, 0.25) is 0 Å². The van der Waals surface area contributed by atoms with Crippen LogP contribution >= 0.6 is 0 Å². The van der Waals surface area contributed by atoms with Gasteiger partial charge in [0, 0.05) is 20.0 Å². The molecule has 2 aliphatic rings. The fraction of sp³-hybridized carbons (Fsp3) is 0.500. The molecule has 0 spiro atoms. The van der Waals surface area contributed by atoms with Crippen LogP contribution in [0.25, 0.3) is 0 Å². The van der Waals surface area contributed by atoms with E-state index in [1.807, 2.05) is 128 Å². The van der Waals surface area contributed by atoms with Crippen LogP contribution in [0.3, 0.4) is 0 Å². The summed E-state index contributed by atoms with van der Waals surface area (Å²) < 4.78 is 57.7. The molecule has 352 valence electrons. The molecule has 2 N–H and O–H groups in total. The molecule has 0 aromatic heterocycles. The van der Waals surface area contributed by atoms with E-state index in [2.05, 4.69) is 5.32 Å². The lowest BCUT2D eigenvalue weighted by atomic mass is 9.95. The molecule has 13 nitrogen and oxygen atoms in total. The van der Waals surface area contributed by atoms with Crippen molar-refractivity contribution >= 4 is 11.9 Å². The summed E-state index contributed by atoms with van der Waals surface area (Å²) in [6, 6.07) is 38.4. The number of esters is 1. The molecule has 0 saturated carbocycles. The predicted molar refractivity (Wildman–Crippen MR) is 243 cm³/mol. The highest BCUT2D eigenvalue weighted by Crippen LogP contribution is 2.35. The third kappa shape index (κ3) is 16.1. The highest BCUT2D eigenvalue weighted by Gasteiger charge is 2.53. The molecule has 13 heteroatoms. The number of carbonyl (C=O) groups excluding carboxylic acids is 2. The van der Waals surface area contributed by atoms with Crippen LogP contribution in [0, 0.1) is 0 Å². The van der Waals surface area contributed by atoms with Crippen molar-refractivity contribution in [3.8, 4) is 0 Å². The van der Waals surface area contributed by atoms with Crippen LogP contribution < -0.4 is 5.32 Å². The van der Waals surface area contributed by atoms with E-state index in [4.69, 9.17) is 42.6 Å². The van der Waals surface area contributed by atoms with Gasteiger partial charge in [0.2, 0.25) is 5.91 Å². The van der Waals surface area contributed by atoms with Crippen molar-refractivity contribution in [1.29, 1.82) is 0 Å². The molecule has 10 atom stereocenters. The number of nitrogens with one attached hydrogen (secondary N) is 1. The number of hydrogen-bond acceptors (Lipinski definition) is 12. The number of carbonyl (C=O) groups is 2. The van der Waals surface area contributed by atoms with Gasteiger partial charge < -0.3 is 53.1 Å². The van der Waals surface area contributed by atoms with Gasteiger partial charge in [-0.1, -0.05) is 147 Å². The smallest absolute Gasteiger partial charge is 0.305 e. The molecule has 1 amide bonds. The topological polar surface area (TPSA) is 149 Å². The Morgan fingerprint density at radius 2 is 1.08 bits per heavy atom. The number of aliphatic hydroxyl groups is 1. The van der Waals surface area contributed by atoms with Crippen LogP contribution in [0.15, 0.2) is 121 Å². The van der Waals surface area contributed by atoms with E-state index in [0.717, 1.165) is 60.8 Å². The van der Waals surface area contributed by atoms with E-state index >= 15 is 0 Å². The number of amides is 1. The number of rotatable bonds is 26. The van der Waals surface area contributed by atoms with Crippen LogP contribution in [0.5, 0.6) is 0 Å². The highest BCUT2D eigenvalue weighted by atomic mass is 16.7. The van der Waals surface area contributed by atoms with Crippen molar-refractivity contribution in [2.75, 3.05) is 20.3 Å². The Hall–Kier alpha value is -4.54. The second-order valence-corrected chi connectivity index (χ2v) is 16.7. The number of unbranched alkanes of at least 4 members (excludes halogenated alkanes) is 5. The molecular formula is C52H67NO12. The van der Waals surface area contributed by atoms with Crippen LogP contribution in [0.4, 0.5) is 0 Å². The average molecular weight is 898 g/mol. The Morgan fingerprint density at radius 1 is 0.585 bits per heavy atom. The van der Waals surface area contributed by atoms with E-state index in [1.54, 1.807) is 0 Å². The van der Waals surface area contributed by atoms with Crippen molar-refractivity contribution in [2.24, 2.45) is 0 Å². The number of hydrogen-bond donors (Lipinski definition) is 2. The van der Waals surface area contributed by atoms with Crippen molar-refractivity contribution in [1.82, 2.24) is 5.32 Å². The molecule has 1 unspecified atom stereocenters. The Balaban J connectivity index is 1.25. The zero-order chi connectivity index (χ0) is 45.6. The van der Waals surface area contributed by atoms with Crippen molar-refractivity contribution in [3.63, 3.8) is 0 Å². The van der Waals surface area contributed by atoms with Gasteiger partial charge in [0.05, 0.1) is 46.2 Å². The van der Waals surface area contributed by atoms with Crippen molar-refractivity contribution in [3.05, 3.63) is 144 Å². The molecule has 4 aromatic carbocycles. The summed E-state index contributed by atoms with van der Waals surface area (Å²) in [5.41, 5.74) is 3.86. The first-order chi connectivity index (χ1) is 31.8. The molecule has 0 radical (unpaired) electrons. The van der Waals surface area contributed by atoms with E-state index in [1.165, 1.54) is 14.0 Å². The lowest BCUT2D eigenvalue weighted by molar-refractivity contribution is -0.355. The summed E-state index contributed by atoms with van der Waals surface area (Å²) in [7, 11) is 1.41. The quantitative estimate of drug-likeness (QED) is 0.0472. The van der Waals surface area contributed by atoms with Gasteiger partial charge in [-0.2, -0.15) is 0 Å². The summed E-state index contributed by atoms with van der Waals surface area (Å²) in [5.74, 6) is -0.546. The van der Waals surface area contributed by atoms with E-state index in [-0.39, 0.29) is 31.7 Å². The summed E-state index contributed by atoms with van der Waals surface area (Å²) in [5, 5.41) is 15.2. The summed E-state index contributed by atoms with van der Waals surface area (Å²) >= 11 is 0. The first-order valence-electron chi connectivity index (χ1n) is 23.0. The minimum atomic E-state index is -1.29. The molecule has 0 bridgehead atoms. The van der Waals surface area contributed by atoms with Gasteiger partial charge in [0.25, 0.3) is 0 Å². The third-order valence-electron chi connectivity index (χ3n) is 11.6. The average Bonchev–Trinajstić information content (AvgIpc) is 3.32. The van der Waals surface area contributed by atoms with Gasteiger partial charge >= 0.3 is 5.97 Å².